The van der Waals surface area contributed by atoms with Crippen LogP contribution in [0.3, 0.4) is 0 Å². The number of hydrogen-bond donors (Lipinski definition) is 1. The van der Waals surface area contributed by atoms with Gasteiger partial charge in [-0.15, -0.1) is 0 Å². The topological polar surface area (TPSA) is 78.3 Å². The average Bonchev–Trinajstić information content (AvgIpc) is 2.94. The van der Waals surface area contributed by atoms with Gasteiger partial charge in [-0.25, -0.2) is 18.9 Å². The fourth-order valence-electron chi connectivity index (χ4n) is 2.62. The van der Waals surface area contributed by atoms with Crippen molar-refractivity contribution in [2.75, 3.05) is 5.73 Å². The third kappa shape index (κ3) is 1.76. The third-order valence-corrected chi connectivity index (χ3v) is 3.75. The number of ether oxygens (including phenoxy) is 1. The van der Waals surface area contributed by atoms with Gasteiger partial charge in [-0.1, -0.05) is 13.8 Å². The zero-order valence-corrected chi connectivity index (χ0v) is 10.8. The largest absolute Gasteiger partial charge is 0.381 e. The van der Waals surface area contributed by atoms with E-state index < -0.39 is 12.3 Å². The molecule has 4 atom stereocenters. The number of nitrogens with two attached hydrogens (primary N) is 1. The van der Waals surface area contributed by atoms with Crippen molar-refractivity contribution in [3.8, 4) is 0 Å². The molecule has 102 valence electrons. The first-order chi connectivity index (χ1) is 9.13. The second-order valence-corrected chi connectivity index (χ2v) is 4.87. The van der Waals surface area contributed by atoms with E-state index in [4.69, 9.17) is 10.5 Å². The summed E-state index contributed by atoms with van der Waals surface area (Å²) in [6.07, 6.45) is 1.88. The van der Waals surface area contributed by atoms with Crippen LogP contribution in [0.1, 0.15) is 32.1 Å². The van der Waals surface area contributed by atoms with E-state index in [0.717, 1.165) is 6.42 Å². The number of aromatic nitrogens is 4. The Morgan fingerprint density at radius 3 is 2.95 bits per heavy atom. The summed E-state index contributed by atoms with van der Waals surface area (Å²) in [4.78, 5) is 8.00. The Hall–Kier alpha value is -1.76. The SMILES string of the molecule is CC[C@H]1O[C@@H](c2cnc3c(N)ncnn23)[C@H](F)[C@@H]1C. The first-order valence-electron chi connectivity index (χ1n) is 6.37. The van der Waals surface area contributed by atoms with Gasteiger partial charge >= 0.3 is 0 Å². The Labute approximate surface area is 109 Å². The minimum absolute atomic E-state index is 0.0789. The number of halogens is 1. The molecular weight excluding hydrogens is 249 g/mol. The summed E-state index contributed by atoms with van der Waals surface area (Å²) < 4.78 is 21.7. The van der Waals surface area contributed by atoms with Crippen LogP contribution in [0.2, 0.25) is 0 Å². The quantitative estimate of drug-likeness (QED) is 0.890. The highest BCUT2D eigenvalue weighted by Crippen LogP contribution is 2.40. The van der Waals surface area contributed by atoms with Gasteiger partial charge in [0.05, 0.1) is 18.0 Å². The molecule has 0 saturated carbocycles. The Kier molecular flexibility index (Phi) is 2.85. The summed E-state index contributed by atoms with van der Waals surface area (Å²) in [5.74, 6) is 0.134. The average molecular weight is 265 g/mol. The Morgan fingerprint density at radius 2 is 2.26 bits per heavy atom. The lowest BCUT2D eigenvalue weighted by atomic mass is 9.97. The molecule has 0 unspecified atom stereocenters. The van der Waals surface area contributed by atoms with E-state index in [1.165, 1.54) is 10.8 Å². The van der Waals surface area contributed by atoms with Crippen LogP contribution in [0.5, 0.6) is 0 Å². The lowest BCUT2D eigenvalue weighted by molar-refractivity contribution is 0.0196. The Morgan fingerprint density at radius 1 is 1.47 bits per heavy atom. The van der Waals surface area contributed by atoms with Gasteiger partial charge < -0.3 is 10.5 Å². The highest BCUT2D eigenvalue weighted by molar-refractivity contribution is 5.58. The van der Waals surface area contributed by atoms with Crippen molar-refractivity contribution in [2.45, 2.75) is 38.6 Å². The molecule has 0 amide bonds. The molecular formula is C12H16FN5O. The summed E-state index contributed by atoms with van der Waals surface area (Å²) in [6.45, 7) is 3.86. The highest BCUT2D eigenvalue weighted by atomic mass is 19.1. The van der Waals surface area contributed by atoms with Gasteiger partial charge in [0.25, 0.3) is 0 Å². The molecule has 19 heavy (non-hydrogen) atoms. The number of fused-ring (bicyclic) bond motifs is 1. The van der Waals surface area contributed by atoms with Crippen LogP contribution in [-0.4, -0.2) is 31.9 Å². The van der Waals surface area contributed by atoms with E-state index >= 15 is 0 Å². The lowest BCUT2D eigenvalue weighted by Crippen LogP contribution is -2.18. The molecule has 2 aromatic rings. The van der Waals surface area contributed by atoms with E-state index in [2.05, 4.69) is 15.1 Å². The van der Waals surface area contributed by atoms with Crippen molar-refractivity contribution in [3.63, 3.8) is 0 Å². The molecule has 0 bridgehead atoms. The molecule has 3 heterocycles. The highest BCUT2D eigenvalue weighted by Gasteiger charge is 2.43. The van der Waals surface area contributed by atoms with Gasteiger partial charge in [0.2, 0.25) is 0 Å². The second kappa shape index (κ2) is 4.41. The normalized spacial score (nSPS) is 31.1. The number of hydrogen-bond acceptors (Lipinski definition) is 5. The summed E-state index contributed by atoms with van der Waals surface area (Å²) >= 11 is 0. The number of nitrogens with zero attached hydrogens (tertiary/aromatic N) is 4. The maximum Gasteiger partial charge on any atom is 0.196 e. The van der Waals surface area contributed by atoms with Gasteiger partial charge in [-0.3, -0.25) is 0 Å². The smallest absolute Gasteiger partial charge is 0.196 e. The van der Waals surface area contributed by atoms with Gasteiger partial charge in [0, 0.05) is 5.92 Å². The Balaban J connectivity index is 2.04. The first kappa shape index (κ1) is 12.3. The molecule has 6 nitrogen and oxygen atoms in total. The molecule has 0 aliphatic carbocycles. The number of nitrogen functional groups attached to an aromatic ring is 1. The molecule has 3 rings (SSSR count). The molecule has 2 aromatic heterocycles. The van der Waals surface area contributed by atoms with Crippen molar-refractivity contribution in [2.24, 2.45) is 5.92 Å². The number of rotatable bonds is 2. The van der Waals surface area contributed by atoms with Crippen molar-refractivity contribution in [1.82, 2.24) is 19.6 Å². The zero-order valence-electron chi connectivity index (χ0n) is 10.8. The van der Waals surface area contributed by atoms with E-state index in [1.54, 1.807) is 6.20 Å². The monoisotopic (exact) mass is 265 g/mol. The summed E-state index contributed by atoms with van der Waals surface area (Å²) in [7, 11) is 0. The molecule has 2 N–H and O–H groups in total. The summed E-state index contributed by atoms with van der Waals surface area (Å²) in [5, 5.41) is 4.07. The molecule has 1 aliphatic heterocycles. The third-order valence-electron chi connectivity index (χ3n) is 3.75. The fraction of sp³-hybridized carbons (Fsp3) is 0.583. The molecule has 0 spiro atoms. The summed E-state index contributed by atoms with van der Waals surface area (Å²) in [5.41, 5.74) is 6.73. The van der Waals surface area contributed by atoms with Gasteiger partial charge in [0.1, 0.15) is 18.6 Å². The Bertz CT molecular complexity index is 601. The van der Waals surface area contributed by atoms with Gasteiger partial charge in [-0.05, 0) is 6.42 Å². The number of imidazole rings is 1. The van der Waals surface area contributed by atoms with E-state index in [0.29, 0.717) is 11.3 Å². The second-order valence-electron chi connectivity index (χ2n) is 4.87. The lowest BCUT2D eigenvalue weighted by Gasteiger charge is -2.12. The number of alkyl halides is 1. The van der Waals surface area contributed by atoms with Crippen LogP contribution >= 0.6 is 0 Å². The van der Waals surface area contributed by atoms with Crippen LogP contribution in [0.25, 0.3) is 5.65 Å². The van der Waals surface area contributed by atoms with Crippen molar-refractivity contribution < 1.29 is 9.13 Å². The minimum Gasteiger partial charge on any atom is -0.381 e. The van der Waals surface area contributed by atoms with Crippen LogP contribution in [-0.2, 0) is 4.74 Å². The maximum atomic E-state index is 14.4. The first-order valence-corrected chi connectivity index (χ1v) is 6.37. The van der Waals surface area contributed by atoms with Crippen LogP contribution in [0.15, 0.2) is 12.5 Å². The molecule has 7 heteroatoms. The summed E-state index contributed by atoms with van der Waals surface area (Å²) in [6, 6.07) is 0. The van der Waals surface area contributed by atoms with Crippen LogP contribution in [0.4, 0.5) is 10.2 Å². The predicted octanol–water partition coefficient (Wildman–Crippen LogP) is 1.53. The molecule has 1 aliphatic rings. The zero-order chi connectivity index (χ0) is 13.6. The fourth-order valence-corrected chi connectivity index (χ4v) is 2.62. The predicted molar refractivity (Wildman–Crippen MR) is 67.2 cm³/mol. The molecule has 0 aromatic carbocycles. The number of anilines is 1. The standard InChI is InChI=1S/C12H16FN5O/c1-3-8-6(2)9(13)10(19-8)7-4-15-12-11(14)16-5-17-18(7)12/h4-6,8-10H,3H2,1-2H3,(H2,14,16,17)/t6-,8-,9-,10+/m1/s1. The molecule has 1 saturated heterocycles. The van der Waals surface area contributed by atoms with E-state index in [-0.39, 0.29) is 17.8 Å². The van der Waals surface area contributed by atoms with E-state index in [1.807, 2.05) is 13.8 Å². The van der Waals surface area contributed by atoms with Crippen molar-refractivity contribution in [1.29, 1.82) is 0 Å². The minimum atomic E-state index is -1.07. The van der Waals surface area contributed by atoms with Crippen LogP contribution < -0.4 is 5.73 Å². The molecule has 0 radical (unpaired) electrons. The van der Waals surface area contributed by atoms with E-state index in [9.17, 15) is 4.39 Å². The van der Waals surface area contributed by atoms with Gasteiger partial charge in [0.15, 0.2) is 11.5 Å². The van der Waals surface area contributed by atoms with Crippen molar-refractivity contribution >= 4 is 11.5 Å². The van der Waals surface area contributed by atoms with Crippen molar-refractivity contribution in [3.05, 3.63) is 18.2 Å². The van der Waals surface area contributed by atoms with Crippen LogP contribution in [0, 0.1) is 5.92 Å². The molecule has 1 fully saturated rings. The van der Waals surface area contributed by atoms with Gasteiger partial charge in [-0.2, -0.15) is 5.10 Å². The maximum absolute atomic E-state index is 14.4.